The molecule has 38 heavy (non-hydrogen) atoms. The molecule has 1 heterocycles. The van der Waals surface area contributed by atoms with Crippen LogP contribution in [-0.2, 0) is 23.1 Å². The maximum Gasteiger partial charge on any atom is 0.264 e. The Labute approximate surface area is 235 Å². The quantitative estimate of drug-likeness (QED) is 0.249. The summed E-state index contributed by atoms with van der Waals surface area (Å²) in [6.07, 6.45) is 0. The molecule has 0 unspecified atom stereocenters. The first-order chi connectivity index (χ1) is 18.3. The average molecular weight is 612 g/mol. The third-order valence-corrected chi connectivity index (χ3v) is 9.00. The van der Waals surface area contributed by atoms with Gasteiger partial charge in [0.25, 0.3) is 15.9 Å². The Balaban J connectivity index is 1.50. The summed E-state index contributed by atoms with van der Waals surface area (Å²) in [4.78, 5) is 15.2. The minimum atomic E-state index is -4.04. The van der Waals surface area contributed by atoms with Gasteiger partial charge in [-0.25, -0.2) is 8.42 Å². The van der Waals surface area contributed by atoms with E-state index in [9.17, 15) is 13.2 Å². The van der Waals surface area contributed by atoms with Crippen molar-refractivity contribution in [3.05, 3.63) is 123 Å². The van der Waals surface area contributed by atoms with Gasteiger partial charge in [-0.3, -0.25) is 9.10 Å². The van der Waals surface area contributed by atoms with Crippen LogP contribution < -0.4 is 9.04 Å². The van der Waals surface area contributed by atoms with Gasteiger partial charge < -0.3 is 9.64 Å². The van der Waals surface area contributed by atoms with Gasteiger partial charge in [-0.1, -0.05) is 72.3 Å². The van der Waals surface area contributed by atoms with Crippen molar-refractivity contribution in [2.75, 3.05) is 17.5 Å². The number of hydrogen-bond acceptors (Lipinski definition) is 4. The molecule has 0 atom stereocenters. The molecule has 1 amide bonds. The number of amides is 1. The number of ether oxygens (including phenoxy) is 1. The van der Waals surface area contributed by atoms with Gasteiger partial charge in [-0.2, -0.15) is 0 Å². The molecular weight excluding hydrogens is 588 g/mol. The van der Waals surface area contributed by atoms with Crippen LogP contribution >= 0.6 is 27.5 Å². The number of carbonyl (C=O) groups is 1. The van der Waals surface area contributed by atoms with Crippen molar-refractivity contribution < 1.29 is 17.9 Å². The molecule has 9 heteroatoms. The molecule has 0 saturated carbocycles. The molecule has 4 aromatic rings. The molecule has 4 aromatic carbocycles. The van der Waals surface area contributed by atoms with Gasteiger partial charge in [0, 0.05) is 12.1 Å². The third kappa shape index (κ3) is 5.43. The van der Waals surface area contributed by atoms with E-state index in [1.807, 2.05) is 54.6 Å². The number of para-hydroxylation sites is 2. The van der Waals surface area contributed by atoms with Crippen LogP contribution in [0.1, 0.15) is 21.5 Å². The molecule has 0 radical (unpaired) electrons. The molecule has 0 saturated heterocycles. The number of carbonyl (C=O) groups excluding carboxylic acids is 1. The first kappa shape index (κ1) is 26.3. The summed E-state index contributed by atoms with van der Waals surface area (Å²) in [5.74, 6) is 0.336. The number of anilines is 1. The Hall–Kier alpha value is -3.33. The topological polar surface area (TPSA) is 66.9 Å². The largest absolute Gasteiger partial charge is 0.490 e. The highest BCUT2D eigenvalue weighted by molar-refractivity contribution is 9.10. The van der Waals surface area contributed by atoms with Gasteiger partial charge >= 0.3 is 0 Å². The van der Waals surface area contributed by atoms with Crippen LogP contribution in [0.15, 0.2) is 106 Å². The van der Waals surface area contributed by atoms with Crippen LogP contribution in [-0.4, -0.2) is 32.4 Å². The zero-order valence-corrected chi connectivity index (χ0v) is 23.4. The zero-order valence-electron chi connectivity index (χ0n) is 20.3. The van der Waals surface area contributed by atoms with Crippen molar-refractivity contribution in [3.63, 3.8) is 0 Å². The van der Waals surface area contributed by atoms with Crippen LogP contribution in [0.25, 0.3) is 0 Å². The molecule has 0 aliphatic carbocycles. The van der Waals surface area contributed by atoms with Crippen LogP contribution in [0.4, 0.5) is 5.69 Å². The van der Waals surface area contributed by atoms with Crippen molar-refractivity contribution in [1.82, 2.24) is 4.90 Å². The summed E-state index contributed by atoms with van der Waals surface area (Å²) in [5, 5.41) is 0.183. The minimum absolute atomic E-state index is 0.0146. The second kappa shape index (κ2) is 11.2. The molecule has 1 aliphatic rings. The third-order valence-electron chi connectivity index (χ3n) is 6.27. The van der Waals surface area contributed by atoms with Crippen LogP contribution in [0.3, 0.4) is 0 Å². The Bertz CT molecular complexity index is 1570. The van der Waals surface area contributed by atoms with E-state index in [-0.39, 0.29) is 27.9 Å². The smallest absolute Gasteiger partial charge is 0.264 e. The number of benzene rings is 4. The number of rotatable bonds is 6. The average Bonchev–Trinajstić information content (AvgIpc) is 3.16. The highest BCUT2D eigenvalue weighted by Crippen LogP contribution is 2.33. The molecule has 5 rings (SSSR count). The summed E-state index contributed by atoms with van der Waals surface area (Å²) in [6, 6.07) is 28.2. The Kier molecular flexibility index (Phi) is 7.74. The number of fused-ring (bicyclic) bond motifs is 1. The lowest BCUT2D eigenvalue weighted by Gasteiger charge is -2.25. The van der Waals surface area contributed by atoms with E-state index in [2.05, 4.69) is 15.9 Å². The lowest BCUT2D eigenvalue weighted by Crippen LogP contribution is -2.33. The molecule has 0 bridgehead atoms. The number of sulfonamides is 1. The standard InChI is InChI=1S/C29H24BrClN2O4S/c30-26-13-7-10-22-20-32(16-17-37-28(22)26)29(34)25-18-24(14-15-27(25)31)38(35,36)33(23-11-5-2-6-12-23)19-21-8-3-1-4-9-21/h1-15,18H,16-17,19-20H2. The molecule has 0 N–H and O–H groups in total. The Morgan fingerprint density at radius 1 is 0.947 bits per heavy atom. The van der Waals surface area contributed by atoms with Gasteiger partial charge in [-0.15, -0.1) is 0 Å². The van der Waals surface area contributed by atoms with Crippen LogP contribution in [0, 0.1) is 0 Å². The lowest BCUT2D eigenvalue weighted by molar-refractivity contribution is 0.0733. The fourth-order valence-corrected chi connectivity index (χ4v) is 6.54. The summed E-state index contributed by atoms with van der Waals surface area (Å²) >= 11 is 9.96. The number of halogens is 2. The summed E-state index contributed by atoms with van der Waals surface area (Å²) in [7, 11) is -4.04. The molecular formula is C29H24BrClN2O4S. The number of nitrogens with zero attached hydrogens (tertiary/aromatic N) is 2. The summed E-state index contributed by atoms with van der Waals surface area (Å²) < 4.78 is 36.0. The molecule has 0 aromatic heterocycles. The summed E-state index contributed by atoms with van der Waals surface area (Å²) in [6.45, 7) is 1.08. The Morgan fingerprint density at radius 2 is 1.66 bits per heavy atom. The normalized spacial score (nSPS) is 13.3. The maximum absolute atomic E-state index is 14.0. The van der Waals surface area contributed by atoms with E-state index < -0.39 is 10.0 Å². The predicted octanol–water partition coefficient (Wildman–Crippen LogP) is 6.53. The van der Waals surface area contributed by atoms with Gasteiger partial charge in [0.1, 0.15) is 12.4 Å². The van der Waals surface area contributed by atoms with Crippen LogP contribution in [0.5, 0.6) is 5.75 Å². The zero-order chi connectivity index (χ0) is 26.7. The SMILES string of the molecule is O=C(c1cc(S(=O)(=O)N(Cc2ccccc2)c2ccccc2)ccc1Cl)N1CCOc2c(Br)cccc2C1. The van der Waals surface area contributed by atoms with Crippen molar-refractivity contribution in [2.45, 2.75) is 18.0 Å². The molecule has 194 valence electrons. The van der Waals surface area contributed by atoms with Crippen molar-refractivity contribution in [2.24, 2.45) is 0 Å². The van der Waals surface area contributed by atoms with Gasteiger partial charge in [0.2, 0.25) is 0 Å². The van der Waals surface area contributed by atoms with Crippen molar-refractivity contribution in [3.8, 4) is 5.75 Å². The monoisotopic (exact) mass is 610 g/mol. The molecule has 0 fully saturated rings. The van der Waals surface area contributed by atoms with Gasteiger partial charge in [0.15, 0.2) is 0 Å². The second-order valence-electron chi connectivity index (χ2n) is 8.78. The first-order valence-corrected chi connectivity index (χ1v) is 14.6. The van der Waals surface area contributed by atoms with E-state index in [4.69, 9.17) is 16.3 Å². The second-order valence-corrected chi connectivity index (χ2v) is 11.9. The molecule has 0 spiro atoms. The van der Waals surface area contributed by atoms with Gasteiger partial charge in [-0.05, 0) is 57.9 Å². The Morgan fingerprint density at radius 3 is 2.39 bits per heavy atom. The van der Waals surface area contributed by atoms with Gasteiger partial charge in [0.05, 0.1) is 38.7 Å². The first-order valence-electron chi connectivity index (χ1n) is 12.0. The van der Waals surface area contributed by atoms with Crippen molar-refractivity contribution in [1.29, 1.82) is 0 Å². The van der Waals surface area contributed by atoms with E-state index in [0.29, 0.717) is 31.1 Å². The highest BCUT2D eigenvalue weighted by atomic mass is 79.9. The van der Waals surface area contributed by atoms with E-state index in [1.54, 1.807) is 29.2 Å². The fourth-order valence-electron chi connectivity index (χ4n) is 4.34. The van der Waals surface area contributed by atoms with E-state index in [1.165, 1.54) is 22.5 Å². The number of hydrogen-bond donors (Lipinski definition) is 0. The lowest BCUT2D eigenvalue weighted by atomic mass is 10.1. The summed E-state index contributed by atoms with van der Waals surface area (Å²) in [5.41, 5.74) is 2.33. The molecule has 6 nitrogen and oxygen atoms in total. The maximum atomic E-state index is 14.0. The fraction of sp³-hybridized carbons (Fsp3) is 0.138. The minimum Gasteiger partial charge on any atom is -0.490 e. The molecule has 1 aliphatic heterocycles. The highest BCUT2D eigenvalue weighted by Gasteiger charge is 2.29. The van der Waals surface area contributed by atoms with Crippen LogP contribution in [0.2, 0.25) is 5.02 Å². The van der Waals surface area contributed by atoms with E-state index >= 15 is 0 Å². The predicted molar refractivity (Wildman–Crippen MR) is 152 cm³/mol. The van der Waals surface area contributed by atoms with Crippen molar-refractivity contribution >= 4 is 49.1 Å². The van der Waals surface area contributed by atoms with E-state index in [0.717, 1.165) is 15.6 Å².